The van der Waals surface area contributed by atoms with Crippen molar-refractivity contribution in [2.24, 2.45) is 5.92 Å². The van der Waals surface area contributed by atoms with E-state index in [0.717, 1.165) is 12.0 Å². The molecule has 0 radical (unpaired) electrons. The van der Waals surface area contributed by atoms with Gasteiger partial charge >= 0.3 is 5.97 Å². The standard InChI is InChI=1S/C16H24N2O4S/c1-4-12-5-7-15(8-6-12)23(21,22)18-10-13(16(19)20)9-14(11-18)17(2)3/h5-8,13-14H,4,9-11H2,1-3H3,(H,19,20). The van der Waals surface area contributed by atoms with Crippen LogP contribution < -0.4 is 0 Å². The number of nitrogens with zero attached hydrogens (tertiary/aromatic N) is 2. The molecule has 1 fully saturated rings. The van der Waals surface area contributed by atoms with Crippen LogP contribution in [0.4, 0.5) is 0 Å². The van der Waals surface area contributed by atoms with Crippen molar-refractivity contribution in [2.45, 2.75) is 30.7 Å². The monoisotopic (exact) mass is 340 g/mol. The molecule has 2 unspecified atom stereocenters. The summed E-state index contributed by atoms with van der Waals surface area (Å²) in [4.78, 5) is 13.5. The molecule has 1 heterocycles. The molecule has 23 heavy (non-hydrogen) atoms. The van der Waals surface area contributed by atoms with Crippen molar-refractivity contribution in [2.75, 3.05) is 27.2 Å². The first-order valence-corrected chi connectivity index (χ1v) is 9.18. The van der Waals surface area contributed by atoms with E-state index < -0.39 is 21.9 Å². The van der Waals surface area contributed by atoms with Crippen molar-refractivity contribution in [3.63, 3.8) is 0 Å². The van der Waals surface area contributed by atoms with Gasteiger partial charge in [0, 0.05) is 19.1 Å². The molecule has 6 nitrogen and oxygen atoms in total. The van der Waals surface area contributed by atoms with Crippen LogP contribution in [0.3, 0.4) is 0 Å². The number of piperidine rings is 1. The van der Waals surface area contributed by atoms with Crippen molar-refractivity contribution in [3.8, 4) is 0 Å². The van der Waals surface area contributed by atoms with Crippen LogP contribution in [0.5, 0.6) is 0 Å². The smallest absolute Gasteiger partial charge is 0.307 e. The van der Waals surface area contributed by atoms with Gasteiger partial charge in [0.1, 0.15) is 0 Å². The van der Waals surface area contributed by atoms with E-state index in [2.05, 4.69) is 0 Å². The molecular formula is C16H24N2O4S. The molecule has 1 aliphatic heterocycles. The summed E-state index contributed by atoms with van der Waals surface area (Å²) in [5, 5.41) is 9.32. The van der Waals surface area contributed by atoms with E-state index in [1.807, 2.05) is 25.9 Å². The Morgan fingerprint density at radius 3 is 2.35 bits per heavy atom. The first-order chi connectivity index (χ1) is 10.8. The highest BCUT2D eigenvalue weighted by atomic mass is 32.2. The highest BCUT2D eigenvalue weighted by molar-refractivity contribution is 7.89. The van der Waals surface area contributed by atoms with Gasteiger partial charge < -0.3 is 10.0 Å². The fourth-order valence-electron chi connectivity index (χ4n) is 2.83. The van der Waals surface area contributed by atoms with Gasteiger partial charge in [0.25, 0.3) is 0 Å². The Bertz CT molecular complexity index is 655. The zero-order chi connectivity index (χ0) is 17.2. The Balaban J connectivity index is 2.30. The fraction of sp³-hybridized carbons (Fsp3) is 0.562. The number of benzene rings is 1. The van der Waals surface area contributed by atoms with Crippen LogP contribution in [-0.2, 0) is 21.2 Å². The highest BCUT2D eigenvalue weighted by Crippen LogP contribution is 2.26. The van der Waals surface area contributed by atoms with Crippen LogP contribution in [0.1, 0.15) is 18.9 Å². The molecule has 2 rings (SSSR count). The van der Waals surface area contributed by atoms with Gasteiger partial charge in [-0.1, -0.05) is 19.1 Å². The molecule has 2 atom stereocenters. The van der Waals surface area contributed by atoms with Crippen LogP contribution in [0.15, 0.2) is 29.2 Å². The van der Waals surface area contributed by atoms with E-state index in [1.54, 1.807) is 24.3 Å². The fourth-order valence-corrected chi connectivity index (χ4v) is 4.35. The number of carboxylic acid groups (broad SMARTS) is 1. The summed E-state index contributed by atoms with van der Waals surface area (Å²) in [5.74, 6) is -1.63. The molecule has 0 amide bonds. The van der Waals surface area contributed by atoms with Gasteiger partial charge in [-0.2, -0.15) is 4.31 Å². The Morgan fingerprint density at radius 2 is 1.87 bits per heavy atom. The Hall–Kier alpha value is -1.44. The first kappa shape index (κ1) is 17.9. The summed E-state index contributed by atoms with van der Waals surface area (Å²) >= 11 is 0. The molecule has 0 saturated carbocycles. The highest BCUT2D eigenvalue weighted by Gasteiger charge is 2.38. The van der Waals surface area contributed by atoms with Gasteiger partial charge in [0.2, 0.25) is 10.0 Å². The number of aryl methyl sites for hydroxylation is 1. The van der Waals surface area contributed by atoms with E-state index in [1.165, 1.54) is 4.31 Å². The van der Waals surface area contributed by atoms with Crippen molar-refractivity contribution >= 4 is 16.0 Å². The van der Waals surface area contributed by atoms with Crippen LogP contribution in [0.25, 0.3) is 0 Å². The number of carboxylic acids is 1. The molecule has 0 spiro atoms. The van der Waals surface area contributed by atoms with Crippen LogP contribution in [0, 0.1) is 5.92 Å². The maximum absolute atomic E-state index is 12.8. The lowest BCUT2D eigenvalue weighted by molar-refractivity contribution is -0.143. The summed E-state index contributed by atoms with van der Waals surface area (Å²) in [6.45, 7) is 2.35. The molecule has 1 aliphatic rings. The van der Waals surface area contributed by atoms with Gasteiger partial charge in [-0.05, 0) is 44.6 Å². The third-order valence-electron chi connectivity index (χ3n) is 4.44. The minimum Gasteiger partial charge on any atom is -0.481 e. The van der Waals surface area contributed by atoms with E-state index in [4.69, 9.17) is 0 Å². The van der Waals surface area contributed by atoms with Crippen molar-refractivity contribution < 1.29 is 18.3 Å². The zero-order valence-corrected chi connectivity index (χ0v) is 14.6. The summed E-state index contributed by atoms with van der Waals surface area (Å²) < 4.78 is 27.0. The second-order valence-corrected chi connectivity index (χ2v) is 8.15. The predicted octanol–water partition coefficient (Wildman–Crippen LogP) is 1.27. The number of aliphatic carboxylic acids is 1. The summed E-state index contributed by atoms with van der Waals surface area (Å²) in [6, 6.07) is 6.70. The Kier molecular flexibility index (Phi) is 5.44. The predicted molar refractivity (Wildman–Crippen MR) is 87.8 cm³/mol. The lowest BCUT2D eigenvalue weighted by Crippen LogP contribution is -2.52. The third kappa shape index (κ3) is 3.91. The maximum Gasteiger partial charge on any atom is 0.307 e. The maximum atomic E-state index is 12.8. The third-order valence-corrected chi connectivity index (χ3v) is 6.29. The lowest BCUT2D eigenvalue weighted by atomic mass is 9.95. The van der Waals surface area contributed by atoms with Gasteiger partial charge in [-0.3, -0.25) is 4.79 Å². The number of hydrogen-bond acceptors (Lipinski definition) is 4. The average molecular weight is 340 g/mol. The van der Waals surface area contributed by atoms with Crippen LogP contribution in [-0.4, -0.2) is 61.9 Å². The number of carbonyl (C=O) groups is 1. The van der Waals surface area contributed by atoms with Crippen molar-refractivity contribution in [3.05, 3.63) is 29.8 Å². The number of likely N-dealkylation sites (N-methyl/N-ethyl adjacent to an activating group) is 1. The molecule has 1 saturated heterocycles. The molecule has 7 heteroatoms. The second kappa shape index (κ2) is 6.98. The van der Waals surface area contributed by atoms with Crippen LogP contribution in [0.2, 0.25) is 0 Å². The van der Waals surface area contributed by atoms with E-state index in [9.17, 15) is 18.3 Å². The normalized spacial score (nSPS) is 23.1. The first-order valence-electron chi connectivity index (χ1n) is 7.74. The topological polar surface area (TPSA) is 77.9 Å². The van der Waals surface area contributed by atoms with Crippen LogP contribution >= 0.6 is 0 Å². The summed E-state index contributed by atoms with van der Waals surface area (Å²) in [6.07, 6.45) is 1.30. The van der Waals surface area contributed by atoms with Gasteiger partial charge in [-0.15, -0.1) is 0 Å². The zero-order valence-electron chi connectivity index (χ0n) is 13.8. The summed E-state index contributed by atoms with van der Waals surface area (Å²) in [7, 11) is 0.00944. The quantitative estimate of drug-likeness (QED) is 0.873. The number of hydrogen-bond donors (Lipinski definition) is 1. The average Bonchev–Trinajstić information content (AvgIpc) is 2.54. The molecule has 0 aromatic heterocycles. The Morgan fingerprint density at radius 1 is 1.26 bits per heavy atom. The van der Waals surface area contributed by atoms with Gasteiger partial charge in [0.05, 0.1) is 10.8 Å². The largest absolute Gasteiger partial charge is 0.481 e. The molecule has 0 bridgehead atoms. The molecule has 1 aromatic rings. The van der Waals surface area contributed by atoms with E-state index in [-0.39, 0.29) is 17.5 Å². The van der Waals surface area contributed by atoms with E-state index in [0.29, 0.717) is 13.0 Å². The molecule has 0 aliphatic carbocycles. The number of rotatable bonds is 5. The van der Waals surface area contributed by atoms with Gasteiger partial charge in [-0.25, -0.2) is 8.42 Å². The number of sulfonamides is 1. The molecule has 1 aromatic carbocycles. The van der Waals surface area contributed by atoms with Gasteiger partial charge in [0.15, 0.2) is 0 Å². The minimum absolute atomic E-state index is 0.0253. The molecule has 1 N–H and O–H groups in total. The lowest BCUT2D eigenvalue weighted by Gasteiger charge is -2.38. The minimum atomic E-state index is -3.68. The van der Waals surface area contributed by atoms with E-state index >= 15 is 0 Å². The summed E-state index contributed by atoms with van der Waals surface area (Å²) in [5.41, 5.74) is 1.07. The van der Waals surface area contributed by atoms with Crippen molar-refractivity contribution in [1.29, 1.82) is 0 Å². The molecular weight excluding hydrogens is 316 g/mol. The Labute approximate surface area is 137 Å². The second-order valence-electron chi connectivity index (χ2n) is 6.21. The molecule has 128 valence electrons. The SMILES string of the molecule is CCc1ccc(S(=O)(=O)N2CC(C(=O)O)CC(N(C)C)C2)cc1. The van der Waals surface area contributed by atoms with Crippen molar-refractivity contribution in [1.82, 2.24) is 9.21 Å².